The number of rotatable bonds is 5. The zero-order chi connectivity index (χ0) is 13.5. The van der Waals surface area contributed by atoms with Crippen molar-refractivity contribution in [2.24, 2.45) is 0 Å². The molecule has 0 saturated carbocycles. The van der Waals surface area contributed by atoms with Gasteiger partial charge in [0.2, 0.25) is 11.8 Å². The Morgan fingerprint density at radius 2 is 2.16 bits per heavy atom. The Labute approximate surface area is 116 Å². The van der Waals surface area contributed by atoms with Gasteiger partial charge >= 0.3 is 0 Å². The van der Waals surface area contributed by atoms with Gasteiger partial charge in [-0.05, 0) is 28.8 Å². The number of nitrogens with zero attached hydrogens (tertiary/aromatic N) is 1. The van der Waals surface area contributed by atoms with E-state index in [2.05, 4.69) is 5.32 Å². The second-order valence-electron chi connectivity index (χ2n) is 4.40. The average Bonchev–Trinajstić information content (AvgIpc) is 2.96. The molecule has 1 aliphatic heterocycles. The Bertz CT molecular complexity index is 414. The summed E-state index contributed by atoms with van der Waals surface area (Å²) in [7, 11) is 0. The smallest absolute Gasteiger partial charge is 0.242 e. The van der Waals surface area contributed by atoms with E-state index in [1.165, 1.54) is 5.56 Å². The van der Waals surface area contributed by atoms with Gasteiger partial charge in [0.05, 0.1) is 19.8 Å². The van der Waals surface area contributed by atoms with Crippen LogP contribution in [0.5, 0.6) is 0 Å². The summed E-state index contributed by atoms with van der Waals surface area (Å²) >= 11 is 1.62. The first-order valence-electron chi connectivity index (χ1n) is 6.39. The molecular weight excluding hydrogens is 264 g/mol. The normalized spacial score (nSPS) is 15.3. The fourth-order valence-electron chi connectivity index (χ4n) is 1.88. The van der Waals surface area contributed by atoms with E-state index in [4.69, 9.17) is 4.74 Å². The molecule has 0 radical (unpaired) electrons. The van der Waals surface area contributed by atoms with Gasteiger partial charge in [-0.1, -0.05) is 0 Å². The minimum atomic E-state index is -0.0761. The van der Waals surface area contributed by atoms with Crippen LogP contribution in [0.4, 0.5) is 0 Å². The molecule has 1 aromatic rings. The number of carbonyl (C=O) groups excluding carboxylic acids is 2. The van der Waals surface area contributed by atoms with E-state index in [1.54, 1.807) is 16.2 Å². The zero-order valence-electron chi connectivity index (χ0n) is 10.8. The van der Waals surface area contributed by atoms with E-state index < -0.39 is 0 Å². The van der Waals surface area contributed by atoms with Crippen LogP contribution in [0.1, 0.15) is 12.0 Å². The van der Waals surface area contributed by atoms with E-state index in [9.17, 15) is 9.59 Å². The molecule has 0 aromatic carbocycles. The predicted octanol–water partition coefficient (Wildman–Crippen LogP) is 0.656. The van der Waals surface area contributed by atoms with E-state index >= 15 is 0 Å². The summed E-state index contributed by atoms with van der Waals surface area (Å²) in [6.07, 6.45) is 1.15. The number of nitrogens with one attached hydrogen (secondary N) is 1. The third kappa shape index (κ3) is 4.65. The molecule has 0 spiro atoms. The van der Waals surface area contributed by atoms with Gasteiger partial charge in [0.25, 0.3) is 0 Å². The van der Waals surface area contributed by atoms with E-state index in [1.807, 2.05) is 16.8 Å². The van der Waals surface area contributed by atoms with Crippen molar-refractivity contribution in [2.75, 3.05) is 32.8 Å². The van der Waals surface area contributed by atoms with Crippen molar-refractivity contribution < 1.29 is 14.3 Å². The maximum Gasteiger partial charge on any atom is 0.242 e. The molecule has 104 valence electrons. The maximum atomic E-state index is 11.8. The molecule has 19 heavy (non-hydrogen) atoms. The molecule has 2 heterocycles. The Kier molecular flexibility index (Phi) is 5.35. The second-order valence-corrected chi connectivity index (χ2v) is 5.18. The lowest BCUT2D eigenvalue weighted by Crippen LogP contribution is -2.45. The van der Waals surface area contributed by atoms with Crippen LogP contribution in [0.25, 0.3) is 0 Å². The molecule has 1 N–H and O–H groups in total. The first kappa shape index (κ1) is 14.0. The van der Waals surface area contributed by atoms with Gasteiger partial charge in [0.1, 0.15) is 0 Å². The van der Waals surface area contributed by atoms with Crippen molar-refractivity contribution in [3.05, 3.63) is 22.4 Å². The van der Waals surface area contributed by atoms with Gasteiger partial charge in [-0.25, -0.2) is 0 Å². The van der Waals surface area contributed by atoms with Crippen molar-refractivity contribution in [1.82, 2.24) is 10.2 Å². The molecule has 0 bridgehead atoms. The Balaban J connectivity index is 1.64. The molecule has 1 fully saturated rings. The summed E-state index contributed by atoms with van der Waals surface area (Å²) in [6.45, 7) is 2.48. The van der Waals surface area contributed by atoms with Gasteiger partial charge in [-0.15, -0.1) is 0 Å². The summed E-state index contributed by atoms with van der Waals surface area (Å²) in [5.41, 5.74) is 1.17. The van der Waals surface area contributed by atoms with E-state index in [-0.39, 0.29) is 18.4 Å². The fraction of sp³-hybridized carbons (Fsp3) is 0.538. The summed E-state index contributed by atoms with van der Waals surface area (Å²) in [5, 5.41) is 6.70. The second kappa shape index (κ2) is 7.25. The Morgan fingerprint density at radius 1 is 1.37 bits per heavy atom. The molecule has 2 amide bonds. The molecule has 6 heteroatoms. The molecular formula is C13H18N2O3S. The number of morpholine rings is 1. The van der Waals surface area contributed by atoms with Crippen LogP contribution in [0.2, 0.25) is 0 Å². The molecule has 2 rings (SSSR count). The minimum absolute atomic E-state index is 0.0350. The number of amides is 2. The molecule has 1 saturated heterocycles. The topological polar surface area (TPSA) is 58.6 Å². The molecule has 5 nitrogen and oxygen atoms in total. The standard InChI is InChI=1S/C13H18N2O3S/c16-12(2-1-11-3-8-19-10-11)14-9-13(17)15-4-6-18-7-5-15/h3,8,10H,1-2,4-7,9H2,(H,14,16). The lowest BCUT2D eigenvalue weighted by atomic mass is 10.2. The first-order chi connectivity index (χ1) is 9.25. The van der Waals surface area contributed by atoms with Gasteiger partial charge in [-0.2, -0.15) is 11.3 Å². The molecule has 0 atom stereocenters. The molecule has 1 aromatic heterocycles. The highest BCUT2D eigenvalue weighted by Crippen LogP contribution is 2.08. The van der Waals surface area contributed by atoms with Crippen LogP contribution in [0.3, 0.4) is 0 Å². The molecule has 0 aliphatic carbocycles. The quantitative estimate of drug-likeness (QED) is 0.863. The SMILES string of the molecule is O=C(CCc1ccsc1)NCC(=O)N1CCOCC1. The van der Waals surface area contributed by atoms with Crippen LogP contribution < -0.4 is 5.32 Å². The fourth-order valence-corrected chi connectivity index (χ4v) is 2.58. The minimum Gasteiger partial charge on any atom is -0.378 e. The zero-order valence-corrected chi connectivity index (χ0v) is 11.6. The van der Waals surface area contributed by atoms with Gasteiger partial charge in [0, 0.05) is 19.5 Å². The number of ether oxygens (including phenoxy) is 1. The monoisotopic (exact) mass is 282 g/mol. The maximum absolute atomic E-state index is 11.8. The number of carbonyl (C=O) groups is 2. The van der Waals surface area contributed by atoms with E-state index in [0.29, 0.717) is 32.7 Å². The average molecular weight is 282 g/mol. The van der Waals surface area contributed by atoms with Crippen LogP contribution in [-0.2, 0) is 20.7 Å². The highest BCUT2D eigenvalue weighted by Gasteiger charge is 2.16. The lowest BCUT2D eigenvalue weighted by Gasteiger charge is -2.26. The molecule has 0 unspecified atom stereocenters. The number of hydrogen-bond donors (Lipinski definition) is 1. The van der Waals surface area contributed by atoms with Gasteiger partial charge in [0.15, 0.2) is 0 Å². The van der Waals surface area contributed by atoms with Crippen LogP contribution in [0, 0.1) is 0 Å². The van der Waals surface area contributed by atoms with E-state index in [0.717, 1.165) is 6.42 Å². The third-order valence-corrected chi connectivity index (χ3v) is 3.75. The largest absolute Gasteiger partial charge is 0.378 e. The Hall–Kier alpha value is -1.40. The summed E-state index contributed by atoms with van der Waals surface area (Å²) in [6, 6.07) is 2.01. The highest BCUT2D eigenvalue weighted by atomic mass is 32.1. The van der Waals surface area contributed by atoms with Crippen LogP contribution in [0.15, 0.2) is 16.8 Å². The van der Waals surface area contributed by atoms with Crippen molar-refractivity contribution in [2.45, 2.75) is 12.8 Å². The van der Waals surface area contributed by atoms with Crippen LogP contribution >= 0.6 is 11.3 Å². The van der Waals surface area contributed by atoms with Gasteiger partial charge in [-0.3, -0.25) is 9.59 Å². The number of thiophene rings is 1. The third-order valence-electron chi connectivity index (χ3n) is 3.02. The summed E-state index contributed by atoms with van der Waals surface area (Å²) < 4.78 is 5.18. The lowest BCUT2D eigenvalue weighted by molar-refractivity contribution is -0.136. The number of hydrogen-bond acceptors (Lipinski definition) is 4. The Morgan fingerprint density at radius 3 is 2.84 bits per heavy atom. The van der Waals surface area contributed by atoms with Crippen LogP contribution in [-0.4, -0.2) is 49.6 Å². The van der Waals surface area contributed by atoms with Crippen molar-refractivity contribution in [1.29, 1.82) is 0 Å². The predicted molar refractivity (Wildman–Crippen MR) is 73.0 cm³/mol. The highest BCUT2D eigenvalue weighted by molar-refractivity contribution is 7.07. The number of aryl methyl sites for hydroxylation is 1. The van der Waals surface area contributed by atoms with Crippen molar-refractivity contribution in [3.8, 4) is 0 Å². The first-order valence-corrected chi connectivity index (χ1v) is 7.33. The van der Waals surface area contributed by atoms with Crippen molar-refractivity contribution >= 4 is 23.2 Å². The summed E-state index contributed by atoms with van der Waals surface area (Å²) in [4.78, 5) is 25.1. The van der Waals surface area contributed by atoms with Crippen molar-refractivity contribution in [3.63, 3.8) is 0 Å². The van der Waals surface area contributed by atoms with Gasteiger partial charge < -0.3 is 15.0 Å². The molecule has 1 aliphatic rings. The summed E-state index contributed by atoms with van der Waals surface area (Å²) in [5.74, 6) is -0.111.